The van der Waals surface area contributed by atoms with E-state index in [4.69, 9.17) is 21.1 Å². The van der Waals surface area contributed by atoms with Crippen molar-refractivity contribution in [2.75, 3.05) is 18.5 Å². The van der Waals surface area contributed by atoms with E-state index in [0.29, 0.717) is 28.6 Å². The fraction of sp³-hybridized carbons (Fsp3) is 0.333. The monoisotopic (exact) mass is 402 g/mol. The number of para-hydroxylation sites is 2. The highest BCUT2D eigenvalue weighted by molar-refractivity contribution is 6.32. The van der Waals surface area contributed by atoms with Crippen LogP contribution in [0.3, 0.4) is 0 Å². The highest BCUT2D eigenvalue weighted by Gasteiger charge is 2.21. The molecule has 2 amide bonds. The van der Waals surface area contributed by atoms with Crippen molar-refractivity contribution in [2.45, 2.75) is 32.0 Å². The molecule has 6 nitrogen and oxygen atoms in total. The lowest BCUT2D eigenvalue weighted by molar-refractivity contribution is -0.122. The minimum atomic E-state index is -0.789. The van der Waals surface area contributed by atoms with Crippen molar-refractivity contribution in [2.24, 2.45) is 0 Å². The van der Waals surface area contributed by atoms with Gasteiger partial charge in [-0.25, -0.2) is 0 Å². The summed E-state index contributed by atoms with van der Waals surface area (Å²) < 4.78 is 11.2. The van der Waals surface area contributed by atoms with Crippen LogP contribution in [0, 0.1) is 0 Å². The van der Waals surface area contributed by atoms with Crippen molar-refractivity contribution in [1.82, 2.24) is 5.32 Å². The van der Waals surface area contributed by atoms with Gasteiger partial charge in [-0.15, -0.1) is 0 Å². The molecule has 28 heavy (non-hydrogen) atoms. The molecule has 0 bridgehead atoms. The van der Waals surface area contributed by atoms with Gasteiger partial charge in [0.1, 0.15) is 5.75 Å². The first-order valence-electron chi connectivity index (χ1n) is 9.25. The third-order valence-electron chi connectivity index (χ3n) is 4.45. The number of carbonyl (C=O) groups is 2. The van der Waals surface area contributed by atoms with Crippen molar-refractivity contribution in [3.8, 4) is 5.75 Å². The van der Waals surface area contributed by atoms with Gasteiger partial charge in [-0.1, -0.05) is 35.9 Å². The number of halogens is 1. The van der Waals surface area contributed by atoms with E-state index in [1.54, 1.807) is 55.5 Å². The van der Waals surface area contributed by atoms with Crippen molar-refractivity contribution in [3.63, 3.8) is 0 Å². The van der Waals surface area contributed by atoms with Crippen LogP contribution in [0.1, 0.15) is 30.1 Å². The first-order valence-corrected chi connectivity index (χ1v) is 9.63. The van der Waals surface area contributed by atoms with Gasteiger partial charge in [0, 0.05) is 13.2 Å². The SMILES string of the molecule is C[C@H](Oc1ccccc1Cl)C(=O)Nc1ccccc1C(=O)NC[C@@H]1CCCO1. The van der Waals surface area contributed by atoms with Crippen LogP contribution in [0.4, 0.5) is 5.69 Å². The lowest BCUT2D eigenvalue weighted by Gasteiger charge is -2.17. The van der Waals surface area contributed by atoms with Gasteiger partial charge in [-0.05, 0) is 44.0 Å². The Morgan fingerprint density at radius 2 is 1.96 bits per heavy atom. The van der Waals surface area contributed by atoms with Gasteiger partial charge in [-0.2, -0.15) is 0 Å². The summed E-state index contributed by atoms with van der Waals surface area (Å²) in [4.78, 5) is 25.1. The Morgan fingerprint density at radius 3 is 2.71 bits per heavy atom. The van der Waals surface area contributed by atoms with E-state index in [9.17, 15) is 9.59 Å². The van der Waals surface area contributed by atoms with Crippen LogP contribution in [0.25, 0.3) is 0 Å². The molecule has 0 radical (unpaired) electrons. The molecule has 148 valence electrons. The number of ether oxygens (including phenoxy) is 2. The van der Waals surface area contributed by atoms with Crippen molar-refractivity contribution in [1.29, 1.82) is 0 Å². The summed E-state index contributed by atoms with van der Waals surface area (Å²) in [5.74, 6) is -0.209. The molecule has 2 aromatic carbocycles. The van der Waals surface area contributed by atoms with E-state index in [1.165, 1.54) is 0 Å². The van der Waals surface area contributed by atoms with Gasteiger partial charge in [0.05, 0.1) is 22.4 Å². The van der Waals surface area contributed by atoms with E-state index in [2.05, 4.69) is 10.6 Å². The van der Waals surface area contributed by atoms with Gasteiger partial charge in [0.15, 0.2) is 6.10 Å². The van der Waals surface area contributed by atoms with Crippen molar-refractivity contribution < 1.29 is 19.1 Å². The standard InChI is InChI=1S/C21H23ClN2O4/c1-14(28-19-11-5-3-9-17(19)22)20(25)24-18-10-4-2-8-16(18)21(26)23-13-15-7-6-12-27-15/h2-5,8-11,14-15H,6-7,12-13H2,1H3,(H,23,26)(H,24,25)/t14-,15-/m0/s1. The quantitative estimate of drug-likeness (QED) is 0.741. The predicted molar refractivity (Wildman–Crippen MR) is 108 cm³/mol. The van der Waals surface area contributed by atoms with E-state index >= 15 is 0 Å². The molecular formula is C21H23ClN2O4. The maximum absolute atomic E-state index is 12.5. The Kier molecular flexibility index (Phi) is 6.90. The second-order valence-corrected chi connectivity index (χ2v) is 6.98. The number of anilines is 1. The second-order valence-electron chi connectivity index (χ2n) is 6.57. The third kappa shape index (κ3) is 5.24. The highest BCUT2D eigenvalue weighted by atomic mass is 35.5. The Bertz CT molecular complexity index is 837. The molecule has 2 N–H and O–H groups in total. The minimum absolute atomic E-state index is 0.0507. The van der Waals surface area contributed by atoms with Crippen LogP contribution in [0.5, 0.6) is 5.75 Å². The van der Waals surface area contributed by atoms with Gasteiger partial charge in [0.2, 0.25) is 0 Å². The molecule has 1 aliphatic heterocycles. The fourth-order valence-electron chi connectivity index (χ4n) is 2.92. The minimum Gasteiger partial charge on any atom is -0.479 e. The van der Waals surface area contributed by atoms with E-state index in [-0.39, 0.29) is 17.9 Å². The zero-order valence-electron chi connectivity index (χ0n) is 15.6. The predicted octanol–water partition coefficient (Wildman–Crippen LogP) is 3.65. The normalized spacial score (nSPS) is 17.0. The molecule has 3 rings (SSSR count). The highest BCUT2D eigenvalue weighted by Crippen LogP contribution is 2.24. The molecule has 0 spiro atoms. The molecule has 0 aliphatic carbocycles. The van der Waals surface area contributed by atoms with E-state index in [1.807, 2.05) is 0 Å². The van der Waals surface area contributed by atoms with Crippen molar-refractivity contribution >= 4 is 29.1 Å². The summed E-state index contributed by atoms with van der Waals surface area (Å²) in [6.07, 6.45) is 1.21. The Balaban J connectivity index is 1.62. The van der Waals surface area contributed by atoms with Crippen LogP contribution in [-0.2, 0) is 9.53 Å². The molecule has 1 saturated heterocycles. The summed E-state index contributed by atoms with van der Waals surface area (Å²) in [7, 11) is 0. The molecule has 1 fully saturated rings. The van der Waals surface area contributed by atoms with Gasteiger partial charge in [0.25, 0.3) is 11.8 Å². The maximum atomic E-state index is 12.5. The van der Waals surface area contributed by atoms with Crippen LogP contribution < -0.4 is 15.4 Å². The Morgan fingerprint density at radius 1 is 1.21 bits per heavy atom. The number of benzene rings is 2. The third-order valence-corrected chi connectivity index (χ3v) is 4.77. The molecule has 1 heterocycles. The molecular weight excluding hydrogens is 380 g/mol. The number of hydrogen-bond donors (Lipinski definition) is 2. The lowest BCUT2D eigenvalue weighted by atomic mass is 10.1. The smallest absolute Gasteiger partial charge is 0.265 e. The molecule has 0 unspecified atom stereocenters. The maximum Gasteiger partial charge on any atom is 0.265 e. The van der Waals surface area contributed by atoms with Crippen LogP contribution >= 0.6 is 11.6 Å². The number of hydrogen-bond acceptors (Lipinski definition) is 4. The molecule has 7 heteroatoms. The number of amides is 2. The van der Waals surface area contributed by atoms with Crippen LogP contribution in [-0.4, -0.2) is 37.2 Å². The molecule has 1 aliphatic rings. The fourth-order valence-corrected chi connectivity index (χ4v) is 3.10. The van der Waals surface area contributed by atoms with Gasteiger partial charge in [-0.3, -0.25) is 9.59 Å². The number of rotatable bonds is 7. The summed E-state index contributed by atoms with van der Waals surface area (Å²) in [6.45, 7) is 2.81. The second kappa shape index (κ2) is 9.57. The molecule has 0 saturated carbocycles. The van der Waals surface area contributed by atoms with Gasteiger partial charge >= 0.3 is 0 Å². The zero-order valence-corrected chi connectivity index (χ0v) is 16.4. The summed E-state index contributed by atoms with van der Waals surface area (Å²) in [5, 5.41) is 6.05. The molecule has 2 atom stereocenters. The topological polar surface area (TPSA) is 76.7 Å². The van der Waals surface area contributed by atoms with E-state index in [0.717, 1.165) is 19.4 Å². The number of nitrogens with one attached hydrogen (secondary N) is 2. The molecule has 0 aromatic heterocycles. The zero-order chi connectivity index (χ0) is 19.9. The van der Waals surface area contributed by atoms with Gasteiger partial charge < -0.3 is 20.1 Å². The largest absolute Gasteiger partial charge is 0.479 e. The average molecular weight is 403 g/mol. The average Bonchev–Trinajstić information content (AvgIpc) is 3.22. The summed E-state index contributed by atoms with van der Waals surface area (Å²) in [6, 6.07) is 13.8. The first-order chi connectivity index (χ1) is 13.5. The molecule has 2 aromatic rings. The first kappa shape index (κ1) is 20.2. The number of carbonyl (C=O) groups excluding carboxylic acids is 2. The lowest BCUT2D eigenvalue weighted by Crippen LogP contribution is -2.34. The van der Waals surface area contributed by atoms with Crippen molar-refractivity contribution in [3.05, 3.63) is 59.1 Å². The van der Waals surface area contributed by atoms with Crippen LogP contribution in [0.2, 0.25) is 5.02 Å². The van der Waals surface area contributed by atoms with E-state index < -0.39 is 6.10 Å². The Labute approximate surface area is 169 Å². The summed E-state index contributed by atoms with van der Waals surface area (Å²) in [5.41, 5.74) is 0.811. The van der Waals surface area contributed by atoms with Crippen LogP contribution in [0.15, 0.2) is 48.5 Å². The summed E-state index contributed by atoms with van der Waals surface area (Å²) >= 11 is 6.07. The Hall–Kier alpha value is -2.57.